The minimum absolute atomic E-state index is 0.703. The highest BCUT2D eigenvalue weighted by Gasteiger charge is 2.00. The number of hydrogen-bond acceptors (Lipinski definition) is 5. The molecule has 0 heterocycles. The third-order valence-corrected chi connectivity index (χ3v) is 6.38. The molecule has 0 unspecified atom stereocenters. The van der Waals surface area contributed by atoms with Gasteiger partial charge in [0.15, 0.2) is 0 Å². The molecule has 21 heavy (non-hydrogen) atoms. The second-order valence-corrected chi connectivity index (χ2v) is 8.09. The lowest BCUT2D eigenvalue weighted by atomic mass is 10.3. The van der Waals surface area contributed by atoms with Crippen molar-refractivity contribution in [1.82, 2.24) is 0 Å². The van der Waals surface area contributed by atoms with E-state index in [0.29, 0.717) is 13.2 Å². The topological polar surface area (TPSA) is 18.5 Å². The Morgan fingerprint density at radius 1 is 0.667 bits per heavy atom. The summed E-state index contributed by atoms with van der Waals surface area (Å²) in [4.78, 5) is 2.45. The van der Waals surface area contributed by atoms with Gasteiger partial charge in [-0.25, -0.2) is 0 Å². The summed E-state index contributed by atoms with van der Waals surface area (Å²) in [5.74, 6) is 1.84. The highest BCUT2D eigenvalue weighted by Crippen LogP contribution is 2.44. The molecule has 2 aromatic rings. The normalized spacial score (nSPS) is 10.4. The molecular weight excluding hydrogens is 320 g/mol. The van der Waals surface area contributed by atoms with Gasteiger partial charge in [-0.15, -0.1) is 0 Å². The summed E-state index contributed by atoms with van der Waals surface area (Å²) >= 11 is 0. The van der Waals surface area contributed by atoms with Gasteiger partial charge < -0.3 is 9.47 Å². The third kappa shape index (κ3) is 5.77. The van der Waals surface area contributed by atoms with E-state index in [1.165, 1.54) is 9.79 Å². The minimum Gasteiger partial charge on any atom is -0.494 e. The minimum atomic E-state index is 0.703. The molecule has 0 N–H and O–H groups in total. The fourth-order valence-corrected chi connectivity index (χ4v) is 5.26. The maximum atomic E-state index is 5.43. The summed E-state index contributed by atoms with van der Waals surface area (Å²) in [7, 11) is 5.25. The van der Waals surface area contributed by atoms with Gasteiger partial charge in [0.1, 0.15) is 11.5 Å². The van der Waals surface area contributed by atoms with Crippen molar-refractivity contribution in [3.8, 4) is 11.5 Å². The molecule has 0 aliphatic heterocycles. The standard InChI is InChI=1S/C16H18O2S3/c1-3-17-13-5-9-15(10-6-13)19-21-20-16-11-7-14(8-12-16)18-4-2/h5-12H,3-4H2,1-2H3. The number of ether oxygens (including phenoxy) is 2. The van der Waals surface area contributed by atoms with Crippen molar-refractivity contribution >= 4 is 31.4 Å². The van der Waals surface area contributed by atoms with Crippen LogP contribution in [-0.2, 0) is 0 Å². The molecule has 0 fully saturated rings. The highest BCUT2D eigenvalue weighted by atomic mass is 33.5. The number of benzene rings is 2. The van der Waals surface area contributed by atoms with E-state index in [2.05, 4.69) is 24.3 Å². The molecule has 0 bridgehead atoms. The Morgan fingerprint density at radius 3 is 1.38 bits per heavy atom. The van der Waals surface area contributed by atoms with Gasteiger partial charge in [-0.1, -0.05) is 0 Å². The predicted octanol–water partition coefficient (Wildman–Crippen LogP) is 5.93. The van der Waals surface area contributed by atoms with E-state index in [4.69, 9.17) is 9.47 Å². The van der Waals surface area contributed by atoms with Gasteiger partial charge in [-0.05, 0) is 93.8 Å². The average Bonchev–Trinajstić information content (AvgIpc) is 2.51. The Labute approximate surface area is 137 Å². The fourth-order valence-electron chi connectivity index (χ4n) is 1.61. The molecule has 0 aliphatic rings. The van der Waals surface area contributed by atoms with Gasteiger partial charge in [0.2, 0.25) is 0 Å². The van der Waals surface area contributed by atoms with Gasteiger partial charge in [0, 0.05) is 9.79 Å². The molecule has 0 aliphatic carbocycles. The Bertz CT molecular complexity index is 477. The van der Waals surface area contributed by atoms with Gasteiger partial charge in [0.25, 0.3) is 0 Å². The zero-order valence-corrected chi connectivity index (χ0v) is 14.5. The van der Waals surface area contributed by atoms with Crippen molar-refractivity contribution in [2.75, 3.05) is 13.2 Å². The SMILES string of the molecule is CCOc1ccc(SSSc2ccc(OCC)cc2)cc1. The summed E-state index contributed by atoms with van der Waals surface area (Å²) in [5, 5.41) is 0. The van der Waals surface area contributed by atoms with Crippen molar-refractivity contribution in [2.24, 2.45) is 0 Å². The number of rotatable bonds is 8. The van der Waals surface area contributed by atoms with Gasteiger partial charge in [0.05, 0.1) is 13.2 Å². The summed E-state index contributed by atoms with van der Waals surface area (Å²) in [6.45, 7) is 5.39. The van der Waals surface area contributed by atoms with Crippen LogP contribution in [0.3, 0.4) is 0 Å². The smallest absolute Gasteiger partial charge is 0.119 e. The van der Waals surface area contributed by atoms with Crippen LogP contribution in [0.15, 0.2) is 58.3 Å². The van der Waals surface area contributed by atoms with E-state index in [-0.39, 0.29) is 0 Å². The van der Waals surface area contributed by atoms with Crippen LogP contribution in [-0.4, -0.2) is 13.2 Å². The van der Waals surface area contributed by atoms with Crippen LogP contribution >= 0.6 is 31.4 Å². The maximum absolute atomic E-state index is 5.43. The molecule has 2 rings (SSSR count). The average molecular weight is 339 g/mol. The molecule has 0 saturated heterocycles. The van der Waals surface area contributed by atoms with Gasteiger partial charge in [-0.2, -0.15) is 0 Å². The molecule has 2 nitrogen and oxygen atoms in total. The lowest BCUT2D eigenvalue weighted by Gasteiger charge is -2.05. The highest BCUT2D eigenvalue weighted by molar-refractivity contribution is 9.09. The third-order valence-electron chi connectivity index (χ3n) is 2.53. The molecule has 2 aromatic carbocycles. The van der Waals surface area contributed by atoms with Crippen molar-refractivity contribution in [2.45, 2.75) is 23.6 Å². The van der Waals surface area contributed by atoms with Crippen molar-refractivity contribution in [1.29, 1.82) is 0 Å². The zero-order valence-electron chi connectivity index (χ0n) is 12.1. The maximum Gasteiger partial charge on any atom is 0.119 e. The summed E-state index contributed by atoms with van der Waals surface area (Å²) in [6.07, 6.45) is 0. The zero-order chi connectivity index (χ0) is 14.9. The second-order valence-electron chi connectivity index (χ2n) is 4.04. The molecule has 0 radical (unpaired) electrons. The summed E-state index contributed by atoms with van der Waals surface area (Å²) in [5.41, 5.74) is 0. The monoisotopic (exact) mass is 338 g/mol. The van der Waals surface area contributed by atoms with E-state index < -0.39 is 0 Å². The van der Waals surface area contributed by atoms with Gasteiger partial charge in [-0.3, -0.25) is 0 Å². The van der Waals surface area contributed by atoms with E-state index in [9.17, 15) is 0 Å². The van der Waals surface area contributed by atoms with Crippen LogP contribution in [0.5, 0.6) is 11.5 Å². The Balaban J connectivity index is 1.78. The van der Waals surface area contributed by atoms with Crippen LogP contribution in [0.1, 0.15) is 13.8 Å². The largest absolute Gasteiger partial charge is 0.494 e. The predicted molar refractivity (Wildman–Crippen MR) is 94.5 cm³/mol. The molecule has 0 saturated carbocycles. The van der Waals surface area contributed by atoms with E-state index in [1.807, 2.05) is 38.1 Å². The first-order valence-electron chi connectivity index (χ1n) is 6.78. The van der Waals surface area contributed by atoms with E-state index in [0.717, 1.165) is 11.5 Å². The van der Waals surface area contributed by atoms with Crippen molar-refractivity contribution < 1.29 is 9.47 Å². The lowest BCUT2D eigenvalue weighted by molar-refractivity contribution is 0.340. The Kier molecular flexibility index (Phi) is 7.19. The van der Waals surface area contributed by atoms with E-state index >= 15 is 0 Å². The van der Waals surface area contributed by atoms with E-state index in [1.54, 1.807) is 31.4 Å². The quantitative estimate of drug-likeness (QED) is 0.553. The van der Waals surface area contributed by atoms with Crippen LogP contribution in [0.25, 0.3) is 0 Å². The van der Waals surface area contributed by atoms with Crippen LogP contribution in [0.4, 0.5) is 0 Å². The molecule has 0 atom stereocenters. The molecular formula is C16H18O2S3. The first-order chi connectivity index (χ1) is 10.3. The Morgan fingerprint density at radius 2 is 1.05 bits per heavy atom. The van der Waals surface area contributed by atoms with Crippen molar-refractivity contribution in [3.63, 3.8) is 0 Å². The first-order valence-corrected chi connectivity index (χ1v) is 10.3. The molecule has 112 valence electrons. The molecule has 0 aromatic heterocycles. The summed E-state index contributed by atoms with van der Waals surface area (Å²) in [6, 6.07) is 16.4. The summed E-state index contributed by atoms with van der Waals surface area (Å²) < 4.78 is 10.9. The second kappa shape index (κ2) is 9.18. The number of hydrogen-bond donors (Lipinski definition) is 0. The first kappa shape index (κ1) is 16.5. The molecule has 0 spiro atoms. The van der Waals surface area contributed by atoms with Crippen LogP contribution in [0, 0.1) is 0 Å². The molecule has 5 heteroatoms. The fraction of sp³-hybridized carbons (Fsp3) is 0.250. The van der Waals surface area contributed by atoms with Gasteiger partial charge >= 0.3 is 0 Å². The Hall–Kier alpha value is -0.910. The molecule has 0 amide bonds. The lowest BCUT2D eigenvalue weighted by Crippen LogP contribution is -1.90. The van der Waals surface area contributed by atoms with Crippen LogP contribution in [0.2, 0.25) is 0 Å². The van der Waals surface area contributed by atoms with Crippen molar-refractivity contribution in [3.05, 3.63) is 48.5 Å². The van der Waals surface area contributed by atoms with Crippen LogP contribution < -0.4 is 9.47 Å².